The zero-order valence-electron chi connectivity index (χ0n) is 10.5. The van der Waals surface area contributed by atoms with Gasteiger partial charge in [0.25, 0.3) is 0 Å². The van der Waals surface area contributed by atoms with Gasteiger partial charge in [-0.15, -0.1) is 0 Å². The molecule has 0 heterocycles. The van der Waals surface area contributed by atoms with E-state index in [2.05, 4.69) is 15.9 Å². The molecule has 0 bridgehead atoms. The predicted octanol–water partition coefficient (Wildman–Crippen LogP) is 3.88. The summed E-state index contributed by atoms with van der Waals surface area (Å²) in [5.74, 6) is 0. The van der Waals surface area contributed by atoms with Gasteiger partial charge in [-0.05, 0) is 29.8 Å². The number of hydrogen-bond donors (Lipinski definition) is 0. The van der Waals surface area contributed by atoms with Crippen molar-refractivity contribution in [3.05, 3.63) is 64.6 Å². The van der Waals surface area contributed by atoms with Gasteiger partial charge in [0.05, 0.1) is 17.4 Å². The molecule has 0 aromatic heterocycles. The van der Waals surface area contributed by atoms with Gasteiger partial charge in [0.2, 0.25) is 0 Å². The fourth-order valence-electron chi connectivity index (χ4n) is 1.95. The number of rotatable bonds is 4. The molecule has 0 fully saturated rings. The first-order chi connectivity index (χ1) is 9.55. The summed E-state index contributed by atoms with van der Waals surface area (Å²) in [6, 6.07) is 17.3. The van der Waals surface area contributed by atoms with Gasteiger partial charge in [0.15, 0.2) is 9.84 Å². The standard InChI is InChI=1S/C15H12BrNO2S/c16-13-6-8-14(9-7-13)20(18,19)15(10-11-17)12-4-2-1-3-5-12/h1-9,15H,10H2. The molecular formula is C15H12BrNO2S. The summed E-state index contributed by atoms with van der Waals surface area (Å²) in [5, 5.41) is 8.09. The molecule has 3 nitrogen and oxygen atoms in total. The Labute approximate surface area is 126 Å². The Bertz CT molecular complexity index is 719. The van der Waals surface area contributed by atoms with Crippen LogP contribution in [0, 0.1) is 11.3 Å². The van der Waals surface area contributed by atoms with Crippen LogP contribution in [0.3, 0.4) is 0 Å². The number of sulfone groups is 1. The van der Waals surface area contributed by atoms with E-state index >= 15 is 0 Å². The molecule has 2 rings (SSSR count). The number of nitrogens with zero attached hydrogens (tertiary/aromatic N) is 1. The molecule has 20 heavy (non-hydrogen) atoms. The molecular weight excluding hydrogens is 338 g/mol. The molecule has 0 N–H and O–H groups in total. The van der Waals surface area contributed by atoms with E-state index < -0.39 is 15.1 Å². The lowest BCUT2D eigenvalue weighted by atomic mass is 10.1. The van der Waals surface area contributed by atoms with Crippen LogP contribution in [0.5, 0.6) is 0 Å². The van der Waals surface area contributed by atoms with Crippen molar-refractivity contribution in [3.8, 4) is 6.07 Å². The Morgan fingerprint density at radius 2 is 1.65 bits per heavy atom. The van der Waals surface area contributed by atoms with Gasteiger partial charge in [-0.2, -0.15) is 5.26 Å². The minimum atomic E-state index is -3.58. The summed E-state index contributed by atoms with van der Waals surface area (Å²) in [5.41, 5.74) is 0.636. The topological polar surface area (TPSA) is 57.9 Å². The molecule has 5 heteroatoms. The number of nitriles is 1. The van der Waals surface area contributed by atoms with Crippen molar-refractivity contribution >= 4 is 25.8 Å². The Kier molecular flexibility index (Phi) is 4.58. The smallest absolute Gasteiger partial charge is 0.186 e. The van der Waals surface area contributed by atoms with Gasteiger partial charge in [-0.1, -0.05) is 46.3 Å². The van der Waals surface area contributed by atoms with Gasteiger partial charge in [0.1, 0.15) is 5.25 Å². The van der Waals surface area contributed by atoms with Crippen LogP contribution in [0.25, 0.3) is 0 Å². The van der Waals surface area contributed by atoms with Crippen LogP contribution in [-0.2, 0) is 9.84 Å². The second kappa shape index (κ2) is 6.21. The molecule has 0 radical (unpaired) electrons. The highest BCUT2D eigenvalue weighted by Gasteiger charge is 2.28. The number of halogens is 1. The van der Waals surface area contributed by atoms with Crippen LogP contribution in [0.15, 0.2) is 64.0 Å². The van der Waals surface area contributed by atoms with Crippen molar-refractivity contribution in [1.82, 2.24) is 0 Å². The fraction of sp³-hybridized carbons (Fsp3) is 0.133. The molecule has 0 aliphatic heterocycles. The summed E-state index contributed by atoms with van der Waals surface area (Å²) in [6.07, 6.45) is -0.0671. The lowest BCUT2D eigenvalue weighted by molar-refractivity contribution is 0.582. The largest absolute Gasteiger partial charge is 0.223 e. The maximum absolute atomic E-state index is 12.7. The lowest BCUT2D eigenvalue weighted by Gasteiger charge is -2.15. The highest BCUT2D eigenvalue weighted by molar-refractivity contribution is 9.10. The Hall–Kier alpha value is -1.64. The van der Waals surface area contributed by atoms with E-state index in [1.54, 1.807) is 48.5 Å². The Balaban J connectivity index is 2.48. The molecule has 0 saturated heterocycles. The van der Waals surface area contributed by atoms with Crippen LogP contribution in [0.2, 0.25) is 0 Å². The van der Waals surface area contributed by atoms with E-state index in [1.165, 1.54) is 0 Å². The van der Waals surface area contributed by atoms with E-state index in [4.69, 9.17) is 5.26 Å². The van der Waals surface area contributed by atoms with Gasteiger partial charge >= 0.3 is 0 Å². The molecule has 0 amide bonds. The van der Waals surface area contributed by atoms with Gasteiger partial charge in [-0.3, -0.25) is 0 Å². The summed E-state index contributed by atoms with van der Waals surface area (Å²) in [4.78, 5) is 0.227. The maximum atomic E-state index is 12.7. The third-order valence-corrected chi connectivity index (χ3v) is 5.61. The normalized spacial score (nSPS) is 12.6. The van der Waals surface area contributed by atoms with Crippen LogP contribution in [-0.4, -0.2) is 8.42 Å². The fourth-order valence-corrected chi connectivity index (χ4v) is 3.86. The van der Waals surface area contributed by atoms with Gasteiger partial charge in [0, 0.05) is 4.47 Å². The third kappa shape index (κ3) is 3.09. The molecule has 102 valence electrons. The van der Waals surface area contributed by atoms with E-state index in [1.807, 2.05) is 12.1 Å². The zero-order chi connectivity index (χ0) is 14.6. The maximum Gasteiger partial charge on any atom is 0.186 e. The molecule has 2 aromatic rings. The van der Waals surface area contributed by atoms with Crippen LogP contribution >= 0.6 is 15.9 Å². The summed E-state index contributed by atoms with van der Waals surface area (Å²) >= 11 is 3.28. The minimum absolute atomic E-state index is 0.0671. The Morgan fingerprint density at radius 3 is 2.20 bits per heavy atom. The van der Waals surface area contributed by atoms with Crippen molar-refractivity contribution in [2.24, 2.45) is 0 Å². The second-order valence-electron chi connectivity index (χ2n) is 4.26. The Morgan fingerprint density at radius 1 is 1.05 bits per heavy atom. The SMILES string of the molecule is N#CCC(c1ccccc1)S(=O)(=O)c1ccc(Br)cc1. The van der Waals surface area contributed by atoms with Crippen molar-refractivity contribution in [3.63, 3.8) is 0 Å². The molecule has 0 aliphatic carbocycles. The molecule has 2 aromatic carbocycles. The highest BCUT2D eigenvalue weighted by atomic mass is 79.9. The van der Waals surface area contributed by atoms with E-state index in [9.17, 15) is 8.42 Å². The predicted molar refractivity (Wildman–Crippen MR) is 80.7 cm³/mol. The molecule has 0 saturated carbocycles. The van der Waals surface area contributed by atoms with Crippen LogP contribution in [0.1, 0.15) is 17.2 Å². The lowest BCUT2D eigenvalue weighted by Crippen LogP contribution is -2.13. The van der Waals surface area contributed by atoms with E-state index in [0.717, 1.165) is 4.47 Å². The average molecular weight is 350 g/mol. The van der Waals surface area contributed by atoms with Crippen LogP contribution < -0.4 is 0 Å². The third-order valence-electron chi connectivity index (χ3n) is 2.96. The van der Waals surface area contributed by atoms with Crippen molar-refractivity contribution < 1.29 is 8.42 Å². The van der Waals surface area contributed by atoms with Crippen molar-refractivity contribution in [2.45, 2.75) is 16.6 Å². The summed E-state index contributed by atoms with van der Waals surface area (Å²) in [7, 11) is -3.58. The monoisotopic (exact) mass is 349 g/mol. The first-order valence-electron chi connectivity index (χ1n) is 5.97. The molecule has 0 aliphatic rings. The van der Waals surface area contributed by atoms with E-state index in [0.29, 0.717) is 5.56 Å². The summed E-state index contributed by atoms with van der Waals surface area (Å²) < 4.78 is 26.1. The first-order valence-corrected chi connectivity index (χ1v) is 8.31. The second-order valence-corrected chi connectivity index (χ2v) is 7.31. The molecule has 0 spiro atoms. The molecule has 1 unspecified atom stereocenters. The van der Waals surface area contributed by atoms with Gasteiger partial charge in [-0.25, -0.2) is 8.42 Å². The zero-order valence-corrected chi connectivity index (χ0v) is 12.9. The average Bonchev–Trinajstić information content (AvgIpc) is 2.46. The quantitative estimate of drug-likeness (QED) is 0.841. The van der Waals surface area contributed by atoms with Crippen molar-refractivity contribution in [1.29, 1.82) is 5.26 Å². The van der Waals surface area contributed by atoms with Crippen LogP contribution in [0.4, 0.5) is 0 Å². The van der Waals surface area contributed by atoms with Gasteiger partial charge < -0.3 is 0 Å². The highest BCUT2D eigenvalue weighted by Crippen LogP contribution is 2.31. The van der Waals surface area contributed by atoms with Crippen molar-refractivity contribution in [2.75, 3.05) is 0 Å². The molecule has 1 atom stereocenters. The minimum Gasteiger partial charge on any atom is -0.223 e. The first kappa shape index (κ1) is 14.8. The number of benzene rings is 2. The number of hydrogen-bond acceptors (Lipinski definition) is 3. The van der Waals surface area contributed by atoms with E-state index in [-0.39, 0.29) is 11.3 Å². The summed E-state index contributed by atoms with van der Waals surface area (Å²) in [6.45, 7) is 0.